The summed E-state index contributed by atoms with van der Waals surface area (Å²) in [6, 6.07) is 64.0. The van der Waals surface area contributed by atoms with Gasteiger partial charge in [-0.2, -0.15) is 0 Å². The summed E-state index contributed by atoms with van der Waals surface area (Å²) in [7, 11) is -1.93. The van der Waals surface area contributed by atoms with Crippen LogP contribution in [0.15, 0.2) is 214 Å². The molecule has 0 bridgehead atoms. The number of ether oxygens (including phenoxy) is 1. The van der Waals surface area contributed by atoms with Crippen molar-refractivity contribution in [1.82, 2.24) is 0 Å². The van der Waals surface area contributed by atoms with E-state index >= 15 is 0 Å². The minimum absolute atomic E-state index is 0.0339. The lowest BCUT2D eigenvalue weighted by molar-refractivity contribution is 0.251. The highest BCUT2D eigenvalue weighted by molar-refractivity contribution is 8.00. The van der Waals surface area contributed by atoms with Crippen molar-refractivity contribution in [3.05, 3.63) is 194 Å². The zero-order valence-electron chi connectivity index (χ0n) is 32.1. The van der Waals surface area contributed by atoms with Gasteiger partial charge in [-0.05, 0) is 121 Å². The number of phenolic OH excluding ortho intramolecular Hbond substituents is 1. The predicted molar refractivity (Wildman–Crippen MR) is 250 cm³/mol. The van der Waals surface area contributed by atoms with E-state index in [1.807, 2.05) is 96.3 Å². The fourth-order valence-electron chi connectivity index (χ4n) is 5.53. The van der Waals surface area contributed by atoms with E-state index in [9.17, 15) is 5.11 Å². The SMILES string of the molecule is Oc1ccc(OP(Oc2ccc(NC(CSc3ccccc3)CSc3ccccc3)cc2)Oc2ccc(OC(CSc3ccccc3)CSc3ccccc3)cc2)cc1. The van der Waals surface area contributed by atoms with E-state index in [0.29, 0.717) is 17.2 Å². The number of phenols is 1. The maximum Gasteiger partial charge on any atom is 0.530 e. The van der Waals surface area contributed by atoms with Gasteiger partial charge in [0.2, 0.25) is 0 Å². The van der Waals surface area contributed by atoms with Crippen LogP contribution < -0.4 is 23.6 Å². The number of hydrogen-bond donors (Lipinski definition) is 2. The number of hydrogen-bond acceptors (Lipinski definition) is 10. The number of nitrogens with one attached hydrogen (secondary N) is 1. The van der Waals surface area contributed by atoms with Crippen molar-refractivity contribution in [2.45, 2.75) is 31.7 Å². The van der Waals surface area contributed by atoms with E-state index in [0.717, 1.165) is 34.4 Å². The molecule has 0 heterocycles. The van der Waals surface area contributed by atoms with Gasteiger partial charge in [0, 0.05) is 54.3 Å². The molecule has 300 valence electrons. The van der Waals surface area contributed by atoms with Crippen LogP contribution in [0.2, 0.25) is 0 Å². The quantitative estimate of drug-likeness (QED) is 0.0508. The molecular formula is C48H44NO5PS4. The zero-order chi connectivity index (χ0) is 40.3. The van der Waals surface area contributed by atoms with E-state index in [-0.39, 0.29) is 17.9 Å². The Hall–Kier alpha value is -4.83. The summed E-state index contributed by atoms with van der Waals surface area (Å²) in [5.74, 6) is 6.00. The van der Waals surface area contributed by atoms with Crippen LogP contribution in [0.5, 0.6) is 28.7 Å². The molecule has 11 heteroatoms. The minimum Gasteiger partial charge on any atom is -0.508 e. The summed E-state index contributed by atoms with van der Waals surface area (Å²) >= 11 is 7.27. The fraction of sp³-hybridized carbons (Fsp3) is 0.125. The molecule has 7 aromatic carbocycles. The van der Waals surface area contributed by atoms with Crippen molar-refractivity contribution < 1.29 is 23.4 Å². The van der Waals surface area contributed by atoms with Crippen molar-refractivity contribution in [2.24, 2.45) is 0 Å². The third kappa shape index (κ3) is 14.7. The number of aromatic hydroxyl groups is 1. The summed E-state index contributed by atoms with van der Waals surface area (Å²) in [5, 5.41) is 13.6. The molecule has 0 spiro atoms. The molecule has 0 amide bonds. The molecule has 7 aromatic rings. The highest BCUT2D eigenvalue weighted by atomic mass is 32.2. The molecular weight excluding hydrogens is 830 g/mol. The second kappa shape index (κ2) is 23.1. The van der Waals surface area contributed by atoms with Crippen molar-refractivity contribution in [2.75, 3.05) is 28.3 Å². The lowest BCUT2D eigenvalue weighted by Gasteiger charge is -2.21. The van der Waals surface area contributed by atoms with Crippen LogP contribution in [-0.4, -0.2) is 40.3 Å². The molecule has 0 aliphatic rings. The van der Waals surface area contributed by atoms with Crippen LogP contribution in [0.1, 0.15) is 0 Å². The Kier molecular flexibility index (Phi) is 16.6. The van der Waals surface area contributed by atoms with Crippen LogP contribution in [0.25, 0.3) is 0 Å². The van der Waals surface area contributed by atoms with Gasteiger partial charge in [-0.3, -0.25) is 0 Å². The normalized spacial score (nSPS) is 11.6. The fourth-order valence-corrected chi connectivity index (χ4v) is 10.5. The standard InChI is InChI=1S/C48H44NO5PS4/c50-39-23-27-42(28-24-39)53-55(52-41-25-21-37(22-26-41)49-38(33-56-45-13-5-1-6-14-45)34-57-46-15-7-2-8-16-46)54-43-31-29-40(30-32-43)51-44(35-58-47-17-9-3-10-18-47)36-59-48-19-11-4-12-20-48/h1-32,38,44,49-50H,33-36H2. The Balaban J connectivity index is 0.997. The van der Waals surface area contributed by atoms with Crippen molar-refractivity contribution in [1.29, 1.82) is 0 Å². The Morgan fingerprint density at radius 3 is 1.15 bits per heavy atom. The van der Waals surface area contributed by atoms with Crippen LogP contribution in [-0.2, 0) is 0 Å². The molecule has 1 atom stereocenters. The zero-order valence-corrected chi connectivity index (χ0v) is 36.3. The molecule has 59 heavy (non-hydrogen) atoms. The van der Waals surface area contributed by atoms with Crippen LogP contribution in [0.4, 0.5) is 5.69 Å². The maximum atomic E-state index is 9.87. The van der Waals surface area contributed by atoms with Gasteiger partial charge in [0.15, 0.2) is 0 Å². The van der Waals surface area contributed by atoms with Gasteiger partial charge in [-0.15, -0.1) is 47.0 Å². The Labute approximate surface area is 365 Å². The lowest BCUT2D eigenvalue weighted by Crippen LogP contribution is -2.25. The van der Waals surface area contributed by atoms with Gasteiger partial charge >= 0.3 is 8.60 Å². The van der Waals surface area contributed by atoms with Gasteiger partial charge in [0.1, 0.15) is 34.9 Å². The second-order valence-corrected chi connectivity index (χ2v) is 18.4. The van der Waals surface area contributed by atoms with E-state index in [1.165, 1.54) is 19.6 Å². The summed E-state index contributed by atoms with van der Waals surface area (Å²) in [6.07, 6.45) is -0.0339. The third-order valence-electron chi connectivity index (χ3n) is 8.48. The van der Waals surface area contributed by atoms with Crippen molar-refractivity contribution >= 4 is 61.3 Å². The first-order chi connectivity index (χ1) is 29.1. The van der Waals surface area contributed by atoms with Gasteiger partial charge in [-0.25, -0.2) is 0 Å². The first-order valence-corrected chi connectivity index (χ1v) is 24.1. The Morgan fingerprint density at radius 1 is 0.407 bits per heavy atom. The first-order valence-electron chi connectivity index (χ1n) is 19.1. The highest BCUT2D eigenvalue weighted by Crippen LogP contribution is 2.43. The monoisotopic (exact) mass is 873 g/mol. The number of benzene rings is 7. The summed E-state index contributed by atoms with van der Waals surface area (Å²) in [4.78, 5) is 4.92. The second-order valence-electron chi connectivity index (χ2n) is 13.1. The van der Waals surface area contributed by atoms with Crippen LogP contribution in [0.3, 0.4) is 0 Å². The predicted octanol–water partition coefficient (Wildman–Crippen LogP) is 13.9. The van der Waals surface area contributed by atoms with Crippen molar-refractivity contribution in [3.8, 4) is 28.7 Å². The summed E-state index contributed by atoms with van der Waals surface area (Å²) in [6.45, 7) is 0. The molecule has 0 saturated carbocycles. The molecule has 2 N–H and O–H groups in total. The van der Waals surface area contributed by atoms with Gasteiger partial charge in [0.05, 0.1) is 0 Å². The molecule has 0 aromatic heterocycles. The molecule has 0 radical (unpaired) electrons. The first kappa shape index (κ1) is 42.3. The van der Waals surface area contributed by atoms with Crippen LogP contribution in [0, 0.1) is 0 Å². The maximum absolute atomic E-state index is 9.87. The van der Waals surface area contributed by atoms with Gasteiger partial charge in [-0.1, -0.05) is 72.8 Å². The summed E-state index contributed by atoms with van der Waals surface area (Å²) in [5.41, 5.74) is 0.993. The number of thioether (sulfide) groups is 4. The third-order valence-corrected chi connectivity index (χ3v) is 14.2. The van der Waals surface area contributed by atoms with E-state index in [2.05, 4.69) is 102 Å². The van der Waals surface area contributed by atoms with E-state index in [1.54, 1.807) is 47.8 Å². The molecule has 7 rings (SSSR count). The lowest BCUT2D eigenvalue weighted by atomic mass is 10.2. The molecule has 0 aliphatic carbocycles. The topological polar surface area (TPSA) is 69.2 Å². The molecule has 0 fully saturated rings. The minimum atomic E-state index is -1.93. The molecule has 1 unspecified atom stereocenters. The smallest absolute Gasteiger partial charge is 0.508 e. The highest BCUT2D eigenvalue weighted by Gasteiger charge is 2.21. The van der Waals surface area contributed by atoms with E-state index < -0.39 is 8.60 Å². The number of rotatable bonds is 22. The van der Waals surface area contributed by atoms with Gasteiger partial charge in [0.25, 0.3) is 0 Å². The average Bonchev–Trinajstić information content (AvgIpc) is 3.29. The van der Waals surface area contributed by atoms with Crippen molar-refractivity contribution in [3.63, 3.8) is 0 Å². The Morgan fingerprint density at radius 2 is 0.746 bits per heavy atom. The van der Waals surface area contributed by atoms with Crippen LogP contribution >= 0.6 is 55.6 Å². The number of anilines is 1. The molecule has 6 nitrogen and oxygen atoms in total. The van der Waals surface area contributed by atoms with E-state index in [4.69, 9.17) is 18.3 Å². The largest absolute Gasteiger partial charge is 0.530 e. The Bertz CT molecular complexity index is 2000. The van der Waals surface area contributed by atoms with Gasteiger partial charge < -0.3 is 28.7 Å². The molecule has 0 saturated heterocycles. The average molecular weight is 874 g/mol. The molecule has 0 aliphatic heterocycles. The summed E-state index contributed by atoms with van der Waals surface area (Å²) < 4.78 is 25.5.